The second-order valence-corrected chi connectivity index (χ2v) is 6.68. The quantitative estimate of drug-likeness (QED) is 0.747. The average molecular weight is 368 g/mol. The van der Waals surface area contributed by atoms with E-state index in [0.29, 0.717) is 27.3 Å². The van der Waals surface area contributed by atoms with Crippen LogP contribution in [0.2, 0.25) is 10.0 Å². The number of hydrogen-bond acceptors (Lipinski definition) is 3. The van der Waals surface area contributed by atoms with Gasteiger partial charge in [0.2, 0.25) is 0 Å². The van der Waals surface area contributed by atoms with Gasteiger partial charge in [-0.1, -0.05) is 36.0 Å². The topological polar surface area (TPSA) is 42.7 Å². The number of likely N-dealkylation sites (tertiary alicyclic amines) is 1. The molecule has 6 heteroatoms. The van der Waals surface area contributed by atoms with Crippen molar-refractivity contribution in [1.29, 1.82) is 0 Å². The Kier molecular flexibility index (Phi) is 5.69. The first-order valence-electron chi connectivity index (χ1n) is 8.09. The van der Waals surface area contributed by atoms with E-state index in [9.17, 15) is 4.79 Å². The number of benzene rings is 1. The fourth-order valence-corrected chi connectivity index (χ4v) is 3.20. The highest BCUT2D eigenvalue weighted by atomic mass is 35.5. The molecule has 2 heterocycles. The van der Waals surface area contributed by atoms with Crippen LogP contribution in [0.5, 0.6) is 5.75 Å². The van der Waals surface area contributed by atoms with Crippen molar-refractivity contribution in [3.05, 3.63) is 51.9 Å². The van der Waals surface area contributed by atoms with E-state index in [4.69, 9.17) is 32.4 Å². The molecule has 1 aromatic carbocycles. The predicted octanol–water partition coefficient (Wildman–Crippen LogP) is 5.18. The van der Waals surface area contributed by atoms with Gasteiger partial charge >= 0.3 is 0 Å². The number of rotatable bonds is 4. The van der Waals surface area contributed by atoms with Crippen molar-refractivity contribution in [2.45, 2.75) is 32.3 Å². The van der Waals surface area contributed by atoms with Crippen LogP contribution in [0.1, 0.15) is 42.0 Å². The van der Waals surface area contributed by atoms with E-state index in [0.717, 1.165) is 25.9 Å². The molecule has 0 radical (unpaired) electrons. The van der Waals surface area contributed by atoms with Crippen molar-refractivity contribution in [2.24, 2.45) is 0 Å². The highest BCUT2D eigenvalue weighted by Gasteiger charge is 2.20. The summed E-state index contributed by atoms with van der Waals surface area (Å²) in [6.07, 6.45) is 4.47. The summed E-state index contributed by atoms with van der Waals surface area (Å²) < 4.78 is 11.3. The molecule has 24 heavy (non-hydrogen) atoms. The number of hydrogen-bond donors (Lipinski definition) is 0. The molecule has 0 aliphatic carbocycles. The molecule has 1 aliphatic heterocycles. The minimum absolute atomic E-state index is 0.0484. The second-order valence-electron chi connectivity index (χ2n) is 5.84. The minimum atomic E-state index is -0.0484. The third-order valence-electron chi connectivity index (χ3n) is 4.03. The van der Waals surface area contributed by atoms with Gasteiger partial charge in [0, 0.05) is 18.1 Å². The molecule has 0 spiro atoms. The van der Waals surface area contributed by atoms with Crippen LogP contribution in [0.25, 0.3) is 0 Å². The van der Waals surface area contributed by atoms with Gasteiger partial charge in [0.15, 0.2) is 5.76 Å². The first kappa shape index (κ1) is 17.2. The third-order valence-corrected chi connectivity index (χ3v) is 4.56. The summed E-state index contributed by atoms with van der Waals surface area (Å²) in [6.45, 7) is 1.80. The zero-order chi connectivity index (χ0) is 16.9. The van der Waals surface area contributed by atoms with Gasteiger partial charge in [-0.2, -0.15) is 0 Å². The lowest BCUT2D eigenvalue weighted by Gasteiger charge is -2.18. The molecule has 3 rings (SSSR count). The van der Waals surface area contributed by atoms with Crippen LogP contribution in [-0.2, 0) is 6.61 Å². The summed E-state index contributed by atoms with van der Waals surface area (Å²) in [7, 11) is 0. The largest absolute Gasteiger partial charge is 0.484 e. The fraction of sp³-hybridized carbons (Fsp3) is 0.389. The highest BCUT2D eigenvalue weighted by Crippen LogP contribution is 2.28. The van der Waals surface area contributed by atoms with Crippen LogP contribution in [0, 0.1) is 0 Å². The van der Waals surface area contributed by atoms with Gasteiger partial charge in [-0.25, -0.2) is 0 Å². The molecule has 128 valence electrons. The zero-order valence-electron chi connectivity index (χ0n) is 13.3. The molecule has 0 saturated carbocycles. The van der Waals surface area contributed by atoms with E-state index in [2.05, 4.69) is 0 Å². The van der Waals surface area contributed by atoms with E-state index in [1.54, 1.807) is 30.3 Å². The van der Waals surface area contributed by atoms with Crippen molar-refractivity contribution >= 4 is 29.1 Å². The van der Waals surface area contributed by atoms with Crippen LogP contribution in [0.4, 0.5) is 0 Å². The first-order chi connectivity index (χ1) is 11.6. The lowest BCUT2D eigenvalue weighted by atomic mass is 10.2. The van der Waals surface area contributed by atoms with E-state index in [-0.39, 0.29) is 12.5 Å². The van der Waals surface area contributed by atoms with Crippen LogP contribution >= 0.6 is 23.2 Å². The van der Waals surface area contributed by atoms with Crippen molar-refractivity contribution in [1.82, 2.24) is 4.90 Å². The number of carbonyl (C=O) groups excluding carboxylic acids is 1. The molecule has 0 unspecified atom stereocenters. The smallest absolute Gasteiger partial charge is 0.289 e. The normalized spacial score (nSPS) is 15.2. The van der Waals surface area contributed by atoms with Gasteiger partial charge in [0.05, 0.1) is 5.02 Å². The molecule has 0 atom stereocenters. The minimum Gasteiger partial charge on any atom is -0.484 e. The molecule has 1 saturated heterocycles. The zero-order valence-corrected chi connectivity index (χ0v) is 14.8. The number of ether oxygens (including phenoxy) is 1. The lowest BCUT2D eigenvalue weighted by Crippen LogP contribution is -2.31. The van der Waals surface area contributed by atoms with E-state index in [1.165, 1.54) is 12.8 Å². The van der Waals surface area contributed by atoms with Crippen molar-refractivity contribution < 1.29 is 13.9 Å². The molecule has 1 aliphatic rings. The Morgan fingerprint density at radius 2 is 1.83 bits per heavy atom. The average Bonchev–Trinajstić information content (AvgIpc) is 2.87. The van der Waals surface area contributed by atoms with Gasteiger partial charge in [-0.05, 0) is 43.2 Å². The number of nitrogens with zero attached hydrogens (tertiary/aromatic N) is 1. The van der Waals surface area contributed by atoms with Gasteiger partial charge in [0.25, 0.3) is 5.91 Å². The first-order valence-corrected chi connectivity index (χ1v) is 8.85. The van der Waals surface area contributed by atoms with Crippen molar-refractivity contribution in [2.75, 3.05) is 13.1 Å². The summed E-state index contributed by atoms with van der Waals surface area (Å²) in [5, 5.41) is 0.991. The van der Waals surface area contributed by atoms with Crippen LogP contribution in [0.3, 0.4) is 0 Å². The van der Waals surface area contributed by atoms with Crippen molar-refractivity contribution in [3.8, 4) is 5.75 Å². The molecule has 2 aromatic rings. The molecule has 1 fully saturated rings. The Bertz CT molecular complexity index is 706. The number of halogens is 2. The van der Waals surface area contributed by atoms with E-state index in [1.807, 2.05) is 4.90 Å². The lowest BCUT2D eigenvalue weighted by molar-refractivity contribution is 0.0725. The van der Waals surface area contributed by atoms with Gasteiger partial charge in [-0.15, -0.1) is 0 Å². The summed E-state index contributed by atoms with van der Waals surface area (Å²) >= 11 is 11.9. The Morgan fingerprint density at radius 3 is 2.54 bits per heavy atom. The Balaban J connectivity index is 1.61. The highest BCUT2D eigenvalue weighted by molar-refractivity contribution is 6.35. The van der Waals surface area contributed by atoms with Gasteiger partial charge < -0.3 is 14.1 Å². The molecular formula is C18H19Cl2NO3. The monoisotopic (exact) mass is 367 g/mol. The number of carbonyl (C=O) groups is 1. The third kappa shape index (κ3) is 4.25. The van der Waals surface area contributed by atoms with E-state index < -0.39 is 0 Å². The van der Waals surface area contributed by atoms with Gasteiger partial charge in [0.1, 0.15) is 18.1 Å². The second kappa shape index (κ2) is 7.95. The van der Waals surface area contributed by atoms with Gasteiger partial charge in [-0.3, -0.25) is 4.79 Å². The standard InChI is InChI=1S/C18H19Cl2NO3/c19-13-5-7-16(15(20)11-13)23-12-14-6-8-17(24-14)18(22)21-9-3-1-2-4-10-21/h5-8,11H,1-4,9-10,12H2. The van der Waals surface area contributed by atoms with Crippen LogP contribution in [0.15, 0.2) is 34.7 Å². The molecule has 1 amide bonds. The SMILES string of the molecule is O=C(c1ccc(COc2ccc(Cl)cc2Cl)o1)N1CCCCCC1. The summed E-state index contributed by atoms with van der Waals surface area (Å²) in [4.78, 5) is 14.4. The predicted molar refractivity (Wildman–Crippen MR) is 93.9 cm³/mol. The summed E-state index contributed by atoms with van der Waals surface area (Å²) in [6, 6.07) is 8.50. The Labute approximate surface area is 151 Å². The molecular weight excluding hydrogens is 349 g/mol. The van der Waals surface area contributed by atoms with Crippen LogP contribution < -0.4 is 4.74 Å². The Morgan fingerprint density at radius 1 is 1.08 bits per heavy atom. The molecule has 1 aromatic heterocycles. The molecule has 0 bridgehead atoms. The maximum absolute atomic E-state index is 12.5. The molecule has 4 nitrogen and oxygen atoms in total. The van der Waals surface area contributed by atoms with Crippen LogP contribution in [-0.4, -0.2) is 23.9 Å². The maximum atomic E-state index is 12.5. The van der Waals surface area contributed by atoms with E-state index >= 15 is 0 Å². The summed E-state index contributed by atoms with van der Waals surface area (Å²) in [5.41, 5.74) is 0. The Hall–Kier alpha value is -1.65. The molecule has 0 N–H and O–H groups in total. The number of amides is 1. The van der Waals surface area contributed by atoms with Crippen molar-refractivity contribution in [3.63, 3.8) is 0 Å². The fourth-order valence-electron chi connectivity index (χ4n) is 2.74. The maximum Gasteiger partial charge on any atom is 0.289 e. The summed E-state index contributed by atoms with van der Waals surface area (Å²) in [5.74, 6) is 1.42. The number of furan rings is 1.